The van der Waals surface area contributed by atoms with E-state index < -0.39 is 0 Å². The van der Waals surface area contributed by atoms with Crippen LogP contribution in [0.5, 0.6) is 0 Å². The lowest BCUT2D eigenvalue weighted by molar-refractivity contribution is -0.116. The van der Waals surface area contributed by atoms with Gasteiger partial charge in [-0.2, -0.15) is 0 Å². The average molecular weight is 296 g/mol. The Hall–Kier alpha value is -1.59. The van der Waals surface area contributed by atoms with Crippen molar-refractivity contribution in [2.75, 3.05) is 5.32 Å². The van der Waals surface area contributed by atoms with E-state index in [9.17, 15) is 4.79 Å². The molecule has 1 aliphatic carbocycles. The van der Waals surface area contributed by atoms with E-state index in [2.05, 4.69) is 10.3 Å². The van der Waals surface area contributed by atoms with Crippen LogP contribution in [0, 0.1) is 0 Å². The number of amides is 1. The van der Waals surface area contributed by atoms with Crippen LogP contribution < -0.4 is 11.1 Å². The topological polar surface area (TPSA) is 81.2 Å². The third-order valence-corrected chi connectivity index (χ3v) is 3.12. The number of rotatable bonds is 4. The van der Waals surface area contributed by atoms with E-state index in [1.165, 1.54) is 0 Å². The third-order valence-electron chi connectivity index (χ3n) is 3.12. The van der Waals surface area contributed by atoms with Gasteiger partial charge in [-0.15, -0.1) is 12.4 Å². The van der Waals surface area contributed by atoms with E-state index in [0.717, 1.165) is 35.5 Å². The van der Waals surface area contributed by atoms with Crippen molar-refractivity contribution in [1.29, 1.82) is 0 Å². The molecule has 1 fully saturated rings. The molecule has 1 aromatic carbocycles. The first kappa shape index (κ1) is 14.8. The lowest BCUT2D eigenvalue weighted by atomic mass is 10.2. The summed E-state index contributed by atoms with van der Waals surface area (Å²) in [5, 5.41) is 2.81. The fraction of sp³-hybridized carbons (Fsp3) is 0.429. The van der Waals surface area contributed by atoms with Gasteiger partial charge in [-0.05, 0) is 31.9 Å². The monoisotopic (exact) mass is 295 g/mol. The lowest BCUT2D eigenvalue weighted by Crippen LogP contribution is -2.23. The van der Waals surface area contributed by atoms with Crippen molar-refractivity contribution in [2.24, 2.45) is 5.73 Å². The Balaban J connectivity index is 0.00000147. The Bertz CT molecular complexity index is 620. The van der Waals surface area contributed by atoms with Gasteiger partial charge in [0.05, 0.1) is 0 Å². The minimum atomic E-state index is -0.143. The third kappa shape index (κ3) is 3.29. The summed E-state index contributed by atoms with van der Waals surface area (Å²) in [7, 11) is 0. The lowest BCUT2D eigenvalue weighted by Gasteiger charge is -2.06. The van der Waals surface area contributed by atoms with E-state index in [1.807, 2.05) is 18.2 Å². The van der Waals surface area contributed by atoms with E-state index >= 15 is 0 Å². The molecule has 6 heteroatoms. The maximum Gasteiger partial charge on any atom is 0.225 e. The average Bonchev–Trinajstić information content (AvgIpc) is 3.08. The second-order valence-corrected chi connectivity index (χ2v) is 5.24. The van der Waals surface area contributed by atoms with Crippen molar-refractivity contribution in [2.45, 2.75) is 38.1 Å². The number of halogens is 1. The summed E-state index contributed by atoms with van der Waals surface area (Å²) in [6.45, 7) is 1.81. The molecule has 1 heterocycles. The number of nitrogens with one attached hydrogen (secondary N) is 1. The molecule has 3 N–H and O–H groups in total. The summed E-state index contributed by atoms with van der Waals surface area (Å²) in [5.74, 6) is 1.22. The molecular formula is C14H18ClN3O2. The molecule has 1 saturated carbocycles. The highest BCUT2D eigenvalue weighted by molar-refractivity contribution is 5.93. The molecular weight excluding hydrogens is 278 g/mol. The number of benzene rings is 1. The molecule has 2 aromatic rings. The van der Waals surface area contributed by atoms with Crippen molar-refractivity contribution >= 4 is 35.1 Å². The summed E-state index contributed by atoms with van der Waals surface area (Å²) < 4.78 is 5.71. The zero-order valence-corrected chi connectivity index (χ0v) is 12.1. The van der Waals surface area contributed by atoms with Gasteiger partial charge in [-0.1, -0.05) is 0 Å². The molecule has 1 amide bonds. The molecule has 0 aliphatic heterocycles. The highest BCUT2D eigenvalue weighted by atomic mass is 35.5. The van der Waals surface area contributed by atoms with Crippen molar-refractivity contribution in [3.8, 4) is 0 Å². The standard InChI is InChI=1S/C14H17N3O2.ClH/c1-8(15)6-13(18)16-10-4-5-11-12(7-10)19-14(17-11)9-2-3-9;/h4-5,7-9H,2-3,6,15H2,1H3,(H,16,18);1H. The van der Waals surface area contributed by atoms with Crippen LogP contribution in [0.15, 0.2) is 22.6 Å². The van der Waals surface area contributed by atoms with Crippen LogP contribution in [0.1, 0.15) is 38.0 Å². The van der Waals surface area contributed by atoms with Gasteiger partial charge in [0.15, 0.2) is 11.5 Å². The molecule has 1 atom stereocenters. The summed E-state index contributed by atoms with van der Waals surface area (Å²) in [4.78, 5) is 16.1. The Morgan fingerprint density at radius 2 is 2.30 bits per heavy atom. The molecule has 0 saturated heterocycles. The Kier molecular flexibility index (Phi) is 4.30. The number of oxazole rings is 1. The zero-order chi connectivity index (χ0) is 13.4. The molecule has 0 radical (unpaired) electrons. The minimum Gasteiger partial charge on any atom is -0.440 e. The molecule has 0 spiro atoms. The van der Waals surface area contributed by atoms with Gasteiger partial charge in [-0.25, -0.2) is 4.98 Å². The van der Waals surface area contributed by atoms with Gasteiger partial charge in [0.2, 0.25) is 5.91 Å². The number of carbonyl (C=O) groups excluding carboxylic acids is 1. The highest BCUT2D eigenvalue weighted by Crippen LogP contribution is 2.40. The van der Waals surface area contributed by atoms with E-state index in [-0.39, 0.29) is 24.4 Å². The fourth-order valence-corrected chi connectivity index (χ4v) is 2.03. The number of nitrogens with two attached hydrogens (primary N) is 1. The normalized spacial score (nSPS) is 15.7. The predicted molar refractivity (Wildman–Crippen MR) is 80.1 cm³/mol. The van der Waals surface area contributed by atoms with Crippen LogP contribution in [0.2, 0.25) is 0 Å². The predicted octanol–water partition coefficient (Wildman–Crippen LogP) is 2.80. The van der Waals surface area contributed by atoms with Gasteiger partial charge in [0.1, 0.15) is 5.52 Å². The zero-order valence-electron chi connectivity index (χ0n) is 11.3. The smallest absolute Gasteiger partial charge is 0.225 e. The number of carbonyl (C=O) groups is 1. The Morgan fingerprint density at radius 1 is 1.55 bits per heavy atom. The van der Waals surface area contributed by atoms with Crippen molar-refractivity contribution < 1.29 is 9.21 Å². The first-order valence-corrected chi connectivity index (χ1v) is 6.58. The van der Waals surface area contributed by atoms with Crippen LogP contribution in [0.4, 0.5) is 5.69 Å². The minimum absolute atomic E-state index is 0. The van der Waals surface area contributed by atoms with Crippen LogP contribution in [-0.4, -0.2) is 16.9 Å². The largest absolute Gasteiger partial charge is 0.440 e. The molecule has 108 valence electrons. The van der Waals surface area contributed by atoms with Gasteiger partial charge >= 0.3 is 0 Å². The van der Waals surface area contributed by atoms with Crippen LogP contribution in [-0.2, 0) is 4.79 Å². The van der Waals surface area contributed by atoms with E-state index in [1.54, 1.807) is 6.92 Å². The van der Waals surface area contributed by atoms with Crippen LogP contribution in [0.3, 0.4) is 0 Å². The number of hydrogen-bond donors (Lipinski definition) is 2. The van der Waals surface area contributed by atoms with Crippen LogP contribution >= 0.6 is 12.4 Å². The maximum atomic E-state index is 11.6. The Labute approximate surface area is 123 Å². The summed E-state index contributed by atoms with van der Waals surface area (Å²) in [6, 6.07) is 5.37. The molecule has 1 unspecified atom stereocenters. The maximum absolute atomic E-state index is 11.6. The second kappa shape index (κ2) is 5.81. The van der Waals surface area contributed by atoms with Gasteiger partial charge in [0, 0.05) is 30.1 Å². The molecule has 1 aliphatic rings. The number of anilines is 1. The highest BCUT2D eigenvalue weighted by Gasteiger charge is 2.28. The number of nitrogens with zero attached hydrogens (tertiary/aromatic N) is 1. The number of fused-ring (bicyclic) bond motifs is 1. The van der Waals surface area contributed by atoms with E-state index in [0.29, 0.717) is 12.3 Å². The summed E-state index contributed by atoms with van der Waals surface area (Å²) >= 11 is 0. The van der Waals surface area contributed by atoms with Crippen molar-refractivity contribution in [3.05, 3.63) is 24.1 Å². The van der Waals surface area contributed by atoms with Gasteiger partial charge in [-0.3, -0.25) is 4.79 Å². The SMILES string of the molecule is CC(N)CC(=O)Nc1ccc2nc(C3CC3)oc2c1.Cl. The summed E-state index contributed by atoms with van der Waals surface area (Å²) in [5.41, 5.74) is 7.87. The molecule has 3 rings (SSSR count). The van der Waals surface area contributed by atoms with Gasteiger partial charge < -0.3 is 15.5 Å². The summed E-state index contributed by atoms with van der Waals surface area (Å²) in [6.07, 6.45) is 2.62. The second-order valence-electron chi connectivity index (χ2n) is 5.24. The van der Waals surface area contributed by atoms with Crippen molar-refractivity contribution in [3.63, 3.8) is 0 Å². The Morgan fingerprint density at radius 3 is 2.95 bits per heavy atom. The number of hydrogen-bond acceptors (Lipinski definition) is 4. The molecule has 1 aromatic heterocycles. The first-order valence-electron chi connectivity index (χ1n) is 6.58. The molecule has 0 bridgehead atoms. The van der Waals surface area contributed by atoms with Crippen molar-refractivity contribution in [1.82, 2.24) is 4.98 Å². The molecule has 5 nitrogen and oxygen atoms in total. The first-order chi connectivity index (χ1) is 9.11. The quantitative estimate of drug-likeness (QED) is 0.909. The van der Waals surface area contributed by atoms with Crippen LogP contribution in [0.25, 0.3) is 11.1 Å². The van der Waals surface area contributed by atoms with E-state index in [4.69, 9.17) is 10.2 Å². The number of aromatic nitrogens is 1. The fourth-order valence-electron chi connectivity index (χ4n) is 2.03. The van der Waals surface area contributed by atoms with Gasteiger partial charge in [0.25, 0.3) is 0 Å². The molecule has 20 heavy (non-hydrogen) atoms.